The van der Waals surface area contributed by atoms with Crippen molar-refractivity contribution in [2.45, 2.75) is 51.4 Å². The second-order valence-electron chi connectivity index (χ2n) is 5.61. The van der Waals surface area contributed by atoms with Crippen molar-refractivity contribution in [2.75, 3.05) is 13.2 Å². The van der Waals surface area contributed by atoms with Gasteiger partial charge in [0.1, 0.15) is 12.4 Å². The largest absolute Gasteiger partial charge is 0.467 e. The number of nitrogens with one attached hydrogen (secondary N) is 1. The summed E-state index contributed by atoms with van der Waals surface area (Å²) in [7, 11) is 0. The van der Waals surface area contributed by atoms with Crippen LogP contribution in [0.15, 0.2) is 22.8 Å². The highest BCUT2D eigenvalue weighted by Gasteiger charge is 2.18. The van der Waals surface area contributed by atoms with Crippen LogP contribution in [-0.4, -0.2) is 30.4 Å². The van der Waals surface area contributed by atoms with Gasteiger partial charge in [-0.2, -0.15) is 0 Å². The number of rotatable bonds is 7. The van der Waals surface area contributed by atoms with E-state index in [0.29, 0.717) is 25.8 Å². The maximum Gasteiger partial charge on any atom is 0.129 e. The molecule has 2 N–H and O–H groups in total. The highest BCUT2D eigenvalue weighted by molar-refractivity contribution is 4.96. The van der Waals surface area contributed by atoms with E-state index in [1.165, 1.54) is 25.7 Å². The highest BCUT2D eigenvalue weighted by Crippen LogP contribution is 2.23. The van der Waals surface area contributed by atoms with Crippen LogP contribution in [0.5, 0.6) is 0 Å². The molecule has 0 aliphatic heterocycles. The first-order valence-corrected chi connectivity index (χ1v) is 7.25. The third-order valence-electron chi connectivity index (χ3n) is 3.79. The SMILES string of the molecule is CC1CCC(NCC(O)COCc2ccco2)CC1. The Balaban J connectivity index is 1.53. The van der Waals surface area contributed by atoms with Gasteiger partial charge in [-0.3, -0.25) is 0 Å². The van der Waals surface area contributed by atoms with Crippen molar-refractivity contribution < 1.29 is 14.3 Å². The molecular formula is C15H25NO3. The standard InChI is InChI=1S/C15H25NO3/c1-12-4-6-13(7-5-12)16-9-14(17)10-18-11-15-3-2-8-19-15/h2-3,8,12-14,16-17H,4-7,9-11H2,1H3. The van der Waals surface area contributed by atoms with Crippen LogP contribution >= 0.6 is 0 Å². The molecule has 2 rings (SSSR count). The van der Waals surface area contributed by atoms with Gasteiger partial charge in [0.15, 0.2) is 0 Å². The molecule has 1 unspecified atom stereocenters. The molecule has 1 fully saturated rings. The van der Waals surface area contributed by atoms with Crippen LogP contribution in [0.1, 0.15) is 38.4 Å². The molecule has 1 aromatic heterocycles. The monoisotopic (exact) mass is 267 g/mol. The van der Waals surface area contributed by atoms with E-state index in [4.69, 9.17) is 9.15 Å². The van der Waals surface area contributed by atoms with Crippen LogP contribution in [-0.2, 0) is 11.3 Å². The van der Waals surface area contributed by atoms with Gasteiger partial charge in [0.25, 0.3) is 0 Å². The van der Waals surface area contributed by atoms with Crippen molar-refractivity contribution in [3.8, 4) is 0 Å². The summed E-state index contributed by atoms with van der Waals surface area (Å²) in [6, 6.07) is 4.27. The van der Waals surface area contributed by atoms with E-state index in [-0.39, 0.29) is 0 Å². The molecule has 108 valence electrons. The average Bonchev–Trinajstić information content (AvgIpc) is 2.91. The fraction of sp³-hybridized carbons (Fsp3) is 0.733. The molecule has 1 aliphatic rings. The molecule has 19 heavy (non-hydrogen) atoms. The summed E-state index contributed by atoms with van der Waals surface area (Å²) >= 11 is 0. The molecule has 0 spiro atoms. The molecule has 0 amide bonds. The minimum Gasteiger partial charge on any atom is -0.467 e. The molecule has 0 radical (unpaired) electrons. The normalized spacial score (nSPS) is 25.4. The van der Waals surface area contributed by atoms with Gasteiger partial charge in [-0.15, -0.1) is 0 Å². The summed E-state index contributed by atoms with van der Waals surface area (Å²) in [5.41, 5.74) is 0. The van der Waals surface area contributed by atoms with Gasteiger partial charge in [0, 0.05) is 12.6 Å². The lowest BCUT2D eigenvalue weighted by Gasteiger charge is -2.27. The van der Waals surface area contributed by atoms with Gasteiger partial charge < -0.3 is 19.6 Å². The van der Waals surface area contributed by atoms with Gasteiger partial charge in [0.05, 0.1) is 19.0 Å². The van der Waals surface area contributed by atoms with Crippen LogP contribution in [0.4, 0.5) is 0 Å². The minimum atomic E-state index is -0.450. The molecule has 0 aromatic carbocycles. The number of furan rings is 1. The smallest absolute Gasteiger partial charge is 0.129 e. The first-order chi connectivity index (χ1) is 9.24. The van der Waals surface area contributed by atoms with E-state index in [1.807, 2.05) is 12.1 Å². The van der Waals surface area contributed by atoms with Crippen molar-refractivity contribution >= 4 is 0 Å². The van der Waals surface area contributed by atoms with Gasteiger partial charge >= 0.3 is 0 Å². The van der Waals surface area contributed by atoms with Gasteiger partial charge in [-0.1, -0.05) is 6.92 Å². The Bertz CT molecular complexity index is 331. The van der Waals surface area contributed by atoms with Crippen LogP contribution in [0, 0.1) is 5.92 Å². The Labute approximate surface area is 115 Å². The van der Waals surface area contributed by atoms with E-state index in [1.54, 1.807) is 6.26 Å². The number of ether oxygens (including phenoxy) is 1. The zero-order chi connectivity index (χ0) is 13.5. The molecule has 1 saturated carbocycles. The minimum absolute atomic E-state index is 0.344. The fourth-order valence-corrected chi connectivity index (χ4v) is 2.52. The zero-order valence-corrected chi connectivity index (χ0v) is 11.7. The maximum absolute atomic E-state index is 9.84. The Morgan fingerprint density at radius 1 is 1.42 bits per heavy atom. The van der Waals surface area contributed by atoms with Gasteiger partial charge in [0.2, 0.25) is 0 Å². The first-order valence-electron chi connectivity index (χ1n) is 7.25. The summed E-state index contributed by atoms with van der Waals surface area (Å²) < 4.78 is 10.6. The number of hydrogen-bond acceptors (Lipinski definition) is 4. The molecule has 4 nitrogen and oxygen atoms in total. The lowest BCUT2D eigenvalue weighted by molar-refractivity contribution is 0.0208. The third-order valence-corrected chi connectivity index (χ3v) is 3.79. The van der Waals surface area contributed by atoms with E-state index >= 15 is 0 Å². The molecule has 1 heterocycles. The zero-order valence-electron chi connectivity index (χ0n) is 11.7. The molecule has 0 bridgehead atoms. The van der Waals surface area contributed by atoms with E-state index < -0.39 is 6.10 Å². The quantitative estimate of drug-likeness (QED) is 0.796. The number of aliphatic hydroxyl groups is 1. The first kappa shape index (κ1) is 14.6. The Kier molecular flexibility index (Phi) is 5.89. The van der Waals surface area contributed by atoms with E-state index in [2.05, 4.69) is 12.2 Å². The highest BCUT2D eigenvalue weighted by atomic mass is 16.5. The maximum atomic E-state index is 9.84. The van der Waals surface area contributed by atoms with E-state index in [9.17, 15) is 5.11 Å². The molecule has 0 saturated heterocycles. The molecule has 1 aliphatic carbocycles. The second kappa shape index (κ2) is 7.68. The predicted molar refractivity (Wildman–Crippen MR) is 73.8 cm³/mol. The fourth-order valence-electron chi connectivity index (χ4n) is 2.52. The lowest BCUT2D eigenvalue weighted by Crippen LogP contribution is -2.39. The lowest BCUT2D eigenvalue weighted by atomic mass is 9.87. The van der Waals surface area contributed by atoms with Crippen LogP contribution in [0.25, 0.3) is 0 Å². The summed E-state index contributed by atoms with van der Waals surface area (Å²) in [4.78, 5) is 0. The van der Waals surface area contributed by atoms with Crippen LogP contribution in [0.3, 0.4) is 0 Å². The van der Waals surface area contributed by atoms with Gasteiger partial charge in [-0.05, 0) is 43.7 Å². The van der Waals surface area contributed by atoms with Crippen molar-refractivity contribution in [3.05, 3.63) is 24.2 Å². The van der Waals surface area contributed by atoms with Crippen molar-refractivity contribution in [3.63, 3.8) is 0 Å². The Hall–Kier alpha value is -0.840. The Morgan fingerprint density at radius 2 is 2.21 bits per heavy atom. The summed E-state index contributed by atoms with van der Waals surface area (Å²) in [5.74, 6) is 1.65. The topological polar surface area (TPSA) is 54.6 Å². The molecule has 4 heteroatoms. The van der Waals surface area contributed by atoms with Crippen molar-refractivity contribution in [1.29, 1.82) is 0 Å². The summed E-state index contributed by atoms with van der Waals surface area (Å²) in [5, 5.41) is 13.3. The van der Waals surface area contributed by atoms with Crippen molar-refractivity contribution in [1.82, 2.24) is 5.32 Å². The average molecular weight is 267 g/mol. The number of hydrogen-bond donors (Lipinski definition) is 2. The van der Waals surface area contributed by atoms with E-state index in [0.717, 1.165) is 11.7 Å². The summed E-state index contributed by atoms with van der Waals surface area (Å²) in [6.45, 7) is 3.69. The van der Waals surface area contributed by atoms with Crippen molar-refractivity contribution in [2.24, 2.45) is 5.92 Å². The molecule has 1 aromatic rings. The number of aliphatic hydroxyl groups excluding tert-OH is 1. The third kappa shape index (κ3) is 5.35. The molecular weight excluding hydrogens is 242 g/mol. The Morgan fingerprint density at radius 3 is 2.89 bits per heavy atom. The van der Waals surface area contributed by atoms with Gasteiger partial charge in [-0.25, -0.2) is 0 Å². The summed E-state index contributed by atoms with van der Waals surface area (Å²) in [6.07, 6.45) is 6.21. The molecule has 1 atom stereocenters. The van der Waals surface area contributed by atoms with Crippen LogP contribution < -0.4 is 5.32 Å². The predicted octanol–water partition coefficient (Wildman–Crippen LogP) is 2.33. The van der Waals surface area contributed by atoms with Crippen LogP contribution in [0.2, 0.25) is 0 Å². The second-order valence-corrected chi connectivity index (χ2v) is 5.61.